The molecule has 0 fully saturated rings. The second-order valence-corrected chi connectivity index (χ2v) is 12.7. The fraction of sp³-hybridized carbons (Fsp3) is 0.333. The Morgan fingerprint density at radius 1 is 0.923 bits per heavy atom. The molecule has 3 aromatic carbocycles. The maximum absolute atomic E-state index is 14.1. The maximum atomic E-state index is 14.1. The number of nitrogens with one attached hydrogen (secondary N) is 1. The number of aryl methyl sites for hydroxylation is 1. The Bertz CT molecular complexity index is 1390. The number of hydrogen-bond donors (Lipinski definition) is 1. The van der Waals surface area contributed by atoms with E-state index in [1.54, 1.807) is 42.5 Å². The van der Waals surface area contributed by atoms with Crippen LogP contribution in [0.4, 0.5) is 5.69 Å². The number of amides is 2. The molecule has 0 saturated carbocycles. The van der Waals surface area contributed by atoms with E-state index in [9.17, 15) is 18.0 Å². The quantitative estimate of drug-likeness (QED) is 0.346. The lowest BCUT2D eigenvalue weighted by Crippen LogP contribution is -2.55. The van der Waals surface area contributed by atoms with E-state index in [0.717, 1.165) is 15.4 Å². The van der Waals surface area contributed by atoms with Crippen molar-refractivity contribution in [2.45, 2.75) is 64.1 Å². The molecule has 3 rings (SSSR count). The highest BCUT2D eigenvalue weighted by Gasteiger charge is 2.35. The van der Waals surface area contributed by atoms with Gasteiger partial charge in [-0.2, -0.15) is 0 Å². The van der Waals surface area contributed by atoms with E-state index in [2.05, 4.69) is 5.32 Å². The molecular formula is C30H36ClN3O4S. The Morgan fingerprint density at radius 3 is 2.08 bits per heavy atom. The van der Waals surface area contributed by atoms with Gasteiger partial charge in [-0.1, -0.05) is 78.7 Å². The van der Waals surface area contributed by atoms with Crippen LogP contribution in [0.5, 0.6) is 0 Å². The van der Waals surface area contributed by atoms with Gasteiger partial charge in [-0.15, -0.1) is 0 Å². The summed E-state index contributed by atoms with van der Waals surface area (Å²) in [4.78, 5) is 28.9. The first-order chi connectivity index (χ1) is 18.3. The molecule has 39 heavy (non-hydrogen) atoms. The molecule has 9 heteroatoms. The van der Waals surface area contributed by atoms with Crippen molar-refractivity contribution in [2.75, 3.05) is 10.8 Å². The van der Waals surface area contributed by atoms with Crippen molar-refractivity contribution in [1.29, 1.82) is 0 Å². The van der Waals surface area contributed by atoms with Crippen molar-refractivity contribution in [3.8, 4) is 0 Å². The molecule has 0 aliphatic heterocycles. The van der Waals surface area contributed by atoms with Gasteiger partial charge in [-0.25, -0.2) is 8.42 Å². The molecule has 0 aromatic heterocycles. The van der Waals surface area contributed by atoms with Crippen LogP contribution < -0.4 is 9.62 Å². The number of carbonyl (C=O) groups excluding carboxylic acids is 2. The van der Waals surface area contributed by atoms with Crippen molar-refractivity contribution in [1.82, 2.24) is 10.2 Å². The van der Waals surface area contributed by atoms with E-state index in [4.69, 9.17) is 11.6 Å². The molecule has 2 amide bonds. The minimum atomic E-state index is -4.16. The third kappa shape index (κ3) is 7.83. The summed E-state index contributed by atoms with van der Waals surface area (Å²) >= 11 is 6.44. The molecule has 0 heterocycles. The molecule has 0 aliphatic rings. The second kappa shape index (κ2) is 12.7. The van der Waals surface area contributed by atoms with Gasteiger partial charge in [0, 0.05) is 12.1 Å². The summed E-state index contributed by atoms with van der Waals surface area (Å²) in [5.41, 5.74) is 1.56. The van der Waals surface area contributed by atoms with E-state index < -0.39 is 34.1 Å². The summed E-state index contributed by atoms with van der Waals surface area (Å²) in [7, 11) is -4.16. The molecule has 0 radical (unpaired) electrons. The zero-order valence-electron chi connectivity index (χ0n) is 23.0. The highest BCUT2D eigenvalue weighted by molar-refractivity contribution is 7.92. The predicted molar refractivity (Wildman–Crippen MR) is 156 cm³/mol. The Labute approximate surface area is 236 Å². The zero-order chi connectivity index (χ0) is 28.8. The third-order valence-electron chi connectivity index (χ3n) is 6.09. The lowest BCUT2D eigenvalue weighted by Gasteiger charge is -2.35. The van der Waals surface area contributed by atoms with E-state index in [0.29, 0.717) is 6.42 Å². The van der Waals surface area contributed by atoms with Crippen LogP contribution in [0.2, 0.25) is 5.02 Å². The van der Waals surface area contributed by atoms with Crippen molar-refractivity contribution < 1.29 is 18.0 Å². The van der Waals surface area contributed by atoms with E-state index in [1.807, 2.05) is 58.9 Å². The zero-order valence-corrected chi connectivity index (χ0v) is 24.6. The van der Waals surface area contributed by atoms with Gasteiger partial charge in [0.1, 0.15) is 12.6 Å². The minimum Gasteiger partial charge on any atom is -0.350 e. The van der Waals surface area contributed by atoms with Gasteiger partial charge in [-0.05, 0) is 63.9 Å². The summed E-state index contributed by atoms with van der Waals surface area (Å²) in [5, 5.41) is 3.15. The van der Waals surface area contributed by atoms with Crippen molar-refractivity contribution >= 4 is 39.1 Å². The number of carbonyl (C=O) groups is 2. The number of sulfonamides is 1. The van der Waals surface area contributed by atoms with Crippen LogP contribution in [0.15, 0.2) is 83.8 Å². The number of halogens is 1. The Balaban J connectivity index is 2.07. The highest BCUT2D eigenvalue weighted by atomic mass is 35.5. The Kier molecular flexibility index (Phi) is 9.80. The summed E-state index contributed by atoms with van der Waals surface area (Å²) in [6.45, 7) is 9.01. The molecular weight excluding hydrogens is 534 g/mol. The SMILES string of the molecule is CC[C@@H](C(=O)NC(C)(C)C)N(Cc1ccc(C)cc1)C(=O)CN(c1ccccc1Cl)S(=O)(=O)c1ccccc1. The van der Waals surface area contributed by atoms with Gasteiger partial charge in [0.15, 0.2) is 0 Å². The van der Waals surface area contributed by atoms with Gasteiger partial charge in [0.25, 0.3) is 10.0 Å². The normalized spacial score (nSPS) is 12.5. The van der Waals surface area contributed by atoms with Crippen LogP contribution >= 0.6 is 11.6 Å². The van der Waals surface area contributed by atoms with Crippen LogP contribution in [0.3, 0.4) is 0 Å². The van der Waals surface area contributed by atoms with Gasteiger partial charge in [-0.3, -0.25) is 13.9 Å². The molecule has 7 nitrogen and oxygen atoms in total. The average Bonchev–Trinajstić information content (AvgIpc) is 2.88. The average molecular weight is 570 g/mol. The first kappa shape index (κ1) is 30.2. The van der Waals surface area contributed by atoms with Gasteiger partial charge in [0.05, 0.1) is 15.6 Å². The van der Waals surface area contributed by atoms with E-state index in [1.165, 1.54) is 17.0 Å². The maximum Gasteiger partial charge on any atom is 0.264 e. The fourth-order valence-corrected chi connectivity index (χ4v) is 5.89. The highest BCUT2D eigenvalue weighted by Crippen LogP contribution is 2.30. The Morgan fingerprint density at radius 2 is 1.51 bits per heavy atom. The predicted octanol–water partition coefficient (Wildman–Crippen LogP) is 5.57. The number of benzene rings is 3. The van der Waals surface area contributed by atoms with Gasteiger partial charge < -0.3 is 10.2 Å². The number of rotatable bonds is 10. The van der Waals surface area contributed by atoms with E-state index >= 15 is 0 Å². The summed E-state index contributed by atoms with van der Waals surface area (Å²) in [5.74, 6) is -0.827. The topological polar surface area (TPSA) is 86.8 Å². The first-order valence-corrected chi connectivity index (χ1v) is 14.6. The van der Waals surface area contributed by atoms with Crippen molar-refractivity contribution in [2.24, 2.45) is 0 Å². The van der Waals surface area contributed by atoms with Gasteiger partial charge >= 0.3 is 0 Å². The summed E-state index contributed by atoms with van der Waals surface area (Å²) < 4.78 is 28.7. The molecule has 0 bridgehead atoms. The van der Waals surface area contributed by atoms with Crippen LogP contribution in [0, 0.1) is 6.92 Å². The summed E-state index contributed by atoms with van der Waals surface area (Å²) in [6.07, 6.45) is 0.344. The summed E-state index contributed by atoms with van der Waals surface area (Å²) in [6, 6.07) is 21.2. The minimum absolute atomic E-state index is 0.0281. The van der Waals surface area contributed by atoms with Crippen LogP contribution in [0.1, 0.15) is 45.2 Å². The smallest absolute Gasteiger partial charge is 0.264 e. The molecule has 0 saturated heterocycles. The monoisotopic (exact) mass is 569 g/mol. The van der Waals surface area contributed by atoms with Crippen LogP contribution in [0.25, 0.3) is 0 Å². The van der Waals surface area contributed by atoms with Crippen LogP contribution in [-0.4, -0.2) is 43.3 Å². The molecule has 0 spiro atoms. The molecule has 1 atom stereocenters. The number of hydrogen-bond acceptors (Lipinski definition) is 4. The largest absolute Gasteiger partial charge is 0.350 e. The van der Waals surface area contributed by atoms with Crippen LogP contribution in [-0.2, 0) is 26.2 Å². The lowest BCUT2D eigenvalue weighted by atomic mass is 10.1. The third-order valence-corrected chi connectivity index (χ3v) is 8.18. The number of para-hydroxylation sites is 1. The number of nitrogens with zero attached hydrogens (tertiary/aromatic N) is 2. The van der Waals surface area contributed by atoms with E-state index in [-0.39, 0.29) is 28.1 Å². The molecule has 0 aliphatic carbocycles. The standard InChI is InChI=1S/C30H36ClN3O4S/c1-6-26(29(36)32-30(3,4)5)33(20-23-18-16-22(2)17-19-23)28(35)21-34(27-15-11-10-14-25(27)31)39(37,38)24-12-8-7-9-13-24/h7-19,26H,6,20-21H2,1-5H3,(H,32,36)/t26-/m0/s1. The molecule has 0 unspecified atom stereocenters. The lowest BCUT2D eigenvalue weighted by molar-refractivity contribution is -0.141. The first-order valence-electron chi connectivity index (χ1n) is 12.8. The molecule has 208 valence electrons. The second-order valence-electron chi connectivity index (χ2n) is 10.4. The number of anilines is 1. The van der Waals surface area contributed by atoms with Crippen molar-refractivity contribution in [3.05, 3.63) is 95.0 Å². The van der Waals surface area contributed by atoms with Gasteiger partial charge in [0.2, 0.25) is 11.8 Å². The fourth-order valence-electron chi connectivity index (χ4n) is 4.15. The Hall–Kier alpha value is -3.36. The molecule has 3 aromatic rings. The molecule has 1 N–H and O–H groups in total. The van der Waals surface area contributed by atoms with Crippen molar-refractivity contribution in [3.63, 3.8) is 0 Å².